The van der Waals surface area contributed by atoms with Crippen LogP contribution < -0.4 is 5.32 Å². The molecule has 1 heterocycles. The number of nitrogens with zero attached hydrogens (tertiary/aromatic N) is 1. The van der Waals surface area contributed by atoms with Gasteiger partial charge in [-0.1, -0.05) is 19.9 Å². The van der Waals surface area contributed by atoms with Crippen LogP contribution in [-0.4, -0.2) is 47.3 Å². The Kier molecular flexibility index (Phi) is 5.77. The molecule has 0 saturated carbocycles. The van der Waals surface area contributed by atoms with Crippen molar-refractivity contribution in [1.82, 2.24) is 4.90 Å². The lowest BCUT2D eigenvalue weighted by Gasteiger charge is -2.23. The molecular formula is C17H23FN2O4. The van der Waals surface area contributed by atoms with Gasteiger partial charge in [0.15, 0.2) is 0 Å². The first-order chi connectivity index (χ1) is 11.3. The van der Waals surface area contributed by atoms with Crippen molar-refractivity contribution in [2.24, 2.45) is 5.92 Å². The van der Waals surface area contributed by atoms with Crippen molar-refractivity contribution in [3.05, 3.63) is 29.6 Å². The van der Waals surface area contributed by atoms with Gasteiger partial charge in [0.05, 0.1) is 19.3 Å². The van der Waals surface area contributed by atoms with Crippen LogP contribution in [0.2, 0.25) is 0 Å². The first-order valence-electron chi connectivity index (χ1n) is 7.97. The van der Waals surface area contributed by atoms with Crippen LogP contribution in [0.25, 0.3) is 0 Å². The summed E-state index contributed by atoms with van der Waals surface area (Å²) >= 11 is 0. The van der Waals surface area contributed by atoms with Gasteiger partial charge in [-0.3, -0.25) is 9.69 Å². The number of halogens is 1. The minimum absolute atomic E-state index is 0.0388. The van der Waals surface area contributed by atoms with E-state index >= 15 is 0 Å². The molecule has 0 spiro atoms. The number of hydrogen-bond acceptors (Lipinski definition) is 4. The second-order valence-corrected chi connectivity index (χ2v) is 6.43. The number of rotatable bonds is 4. The first kappa shape index (κ1) is 18.2. The Hall–Kier alpha value is -2.15. The summed E-state index contributed by atoms with van der Waals surface area (Å²) in [6.07, 6.45) is -1.30. The average Bonchev–Trinajstić information content (AvgIpc) is 2.91. The number of aliphatic hydroxyl groups is 1. The van der Waals surface area contributed by atoms with Crippen LogP contribution in [0.3, 0.4) is 0 Å². The zero-order valence-electron chi connectivity index (χ0n) is 14.1. The summed E-state index contributed by atoms with van der Waals surface area (Å²) in [4.78, 5) is 25.8. The lowest BCUT2D eigenvalue weighted by atomic mass is 10.1. The maximum atomic E-state index is 13.6. The third-order valence-electron chi connectivity index (χ3n) is 3.88. The number of β-amino-alcohol motifs (C(OH)–C–C–N with tert-alkyl or cyclic N) is 1. The zero-order chi connectivity index (χ0) is 17.9. The molecular weight excluding hydrogens is 315 g/mol. The Bertz CT molecular complexity index is 621. The summed E-state index contributed by atoms with van der Waals surface area (Å²) in [7, 11) is 0. The molecule has 1 aromatic carbocycles. The fourth-order valence-electron chi connectivity index (χ4n) is 2.54. The summed E-state index contributed by atoms with van der Waals surface area (Å²) < 4.78 is 18.7. The number of aliphatic hydroxyl groups excluding tert-OH is 1. The van der Waals surface area contributed by atoms with Gasteiger partial charge in [-0.15, -0.1) is 0 Å². The summed E-state index contributed by atoms with van der Waals surface area (Å²) in [5.41, 5.74) is 0.662. The lowest BCUT2D eigenvalue weighted by molar-refractivity contribution is -0.120. The van der Waals surface area contributed by atoms with Gasteiger partial charge in [0.25, 0.3) is 0 Å². The summed E-state index contributed by atoms with van der Waals surface area (Å²) in [5, 5.41) is 12.4. The van der Waals surface area contributed by atoms with Crippen molar-refractivity contribution in [3.63, 3.8) is 0 Å². The van der Waals surface area contributed by atoms with Crippen molar-refractivity contribution in [1.29, 1.82) is 0 Å². The minimum Gasteiger partial charge on any atom is -0.449 e. The Morgan fingerprint density at radius 2 is 2.17 bits per heavy atom. The number of benzene rings is 1. The highest BCUT2D eigenvalue weighted by atomic mass is 19.1. The van der Waals surface area contributed by atoms with Crippen LogP contribution in [-0.2, 0) is 9.53 Å². The van der Waals surface area contributed by atoms with Crippen LogP contribution in [0, 0.1) is 18.7 Å². The number of amides is 2. The number of ether oxygens (including phenoxy) is 1. The van der Waals surface area contributed by atoms with Crippen LogP contribution >= 0.6 is 0 Å². The SMILES string of the molecule is Cc1c(F)cccc1NC(=O)[C@@H]1CC(O)CN1C(=O)OCC(C)C. The van der Waals surface area contributed by atoms with Crippen molar-refractivity contribution >= 4 is 17.7 Å². The third-order valence-corrected chi connectivity index (χ3v) is 3.88. The molecule has 1 aromatic rings. The van der Waals surface area contributed by atoms with Gasteiger partial charge in [0.2, 0.25) is 5.91 Å². The lowest BCUT2D eigenvalue weighted by Crippen LogP contribution is -2.43. The van der Waals surface area contributed by atoms with Gasteiger partial charge in [-0.25, -0.2) is 9.18 Å². The maximum Gasteiger partial charge on any atom is 0.410 e. The van der Waals surface area contributed by atoms with Crippen LogP contribution in [0.15, 0.2) is 18.2 Å². The van der Waals surface area contributed by atoms with Crippen LogP contribution in [0.5, 0.6) is 0 Å². The molecule has 1 saturated heterocycles. The summed E-state index contributed by atoms with van der Waals surface area (Å²) in [6.45, 7) is 5.65. The molecule has 1 aliphatic heterocycles. The molecule has 2 N–H and O–H groups in total. The minimum atomic E-state index is -0.845. The van der Waals surface area contributed by atoms with Gasteiger partial charge in [-0.2, -0.15) is 0 Å². The highest BCUT2D eigenvalue weighted by molar-refractivity contribution is 5.97. The second kappa shape index (κ2) is 7.61. The normalized spacial score (nSPS) is 20.3. The molecule has 1 aliphatic rings. The van der Waals surface area contributed by atoms with E-state index in [2.05, 4.69) is 5.32 Å². The van der Waals surface area contributed by atoms with E-state index in [-0.39, 0.29) is 25.5 Å². The number of carbonyl (C=O) groups is 2. The number of carbonyl (C=O) groups excluding carboxylic acids is 2. The van der Waals surface area contributed by atoms with Gasteiger partial charge >= 0.3 is 6.09 Å². The maximum absolute atomic E-state index is 13.6. The number of likely N-dealkylation sites (tertiary alicyclic amines) is 1. The van der Waals surface area contributed by atoms with E-state index in [0.717, 1.165) is 0 Å². The van der Waals surface area contributed by atoms with Crippen molar-refractivity contribution in [2.45, 2.75) is 39.3 Å². The molecule has 24 heavy (non-hydrogen) atoms. The Morgan fingerprint density at radius 3 is 2.83 bits per heavy atom. The van der Waals surface area contributed by atoms with E-state index in [1.165, 1.54) is 17.0 Å². The molecule has 0 aromatic heterocycles. The number of hydrogen-bond donors (Lipinski definition) is 2. The van der Waals surface area contributed by atoms with E-state index in [1.54, 1.807) is 13.0 Å². The second-order valence-electron chi connectivity index (χ2n) is 6.43. The molecule has 6 nitrogen and oxygen atoms in total. The third kappa shape index (κ3) is 4.23. The fraction of sp³-hybridized carbons (Fsp3) is 0.529. The predicted molar refractivity (Wildman–Crippen MR) is 87.1 cm³/mol. The highest BCUT2D eigenvalue weighted by Crippen LogP contribution is 2.23. The largest absolute Gasteiger partial charge is 0.449 e. The van der Waals surface area contributed by atoms with E-state index in [4.69, 9.17) is 4.74 Å². The monoisotopic (exact) mass is 338 g/mol. The standard InChI is InChI=1S/C17H23FN2O4/c1-10(2)9-24-17(23)20-8-12(21)7-15(20)16(22)19-14-6-4-5-13(18)11(14)3/h4-6,10,12,15,21H,7-9H2,1-3H3,(H,19,22)/t12?,15-/m0/s1. The zero-order valence-corrected chi connectivity index (χ0v) is 14.1. The number of anilines is 1. The molecule has 0 aliphatic carbocycles. The Balaban J connectivity index is 2.08. The van der Waals surface area contributed by atoms with Crippen LogP contribution in [0.4, 0.5) is 14.9 Å². The van der Waals surface area contributed by atoms with Crippen molar-refractivity contribution in [2.75, 3.05) is 18.5 Å². The predicted octanol–water partition coefficient (Wildman–Crippen LogP) is 2.30. The number of nitrogens with one attached hydrogen (secondary N) is 1. The molecule has 132 valence electrons. The van der Waals surface area contributed by atoms with E-state index in [1.807, 2.05) is 13.8 Å². The average molecular weight is 338 g/mol. The summed E-state index contributed by atoms with van der Waals surface area (Å²) in [5.74, 6) is -0.724. The van der Waals surface area contributed by atoms with Gasteiger partial charge in [0.1, 0.15) is 11.9 Å². The van der Waals surface area contributed by atoms with Crippen LogP contribution in [0.1, 0.15) is 25.8 Å². The molecule has 0 radical (unpaired) electrons. The topological polar surface area (TPSA) is 78.9 Å². The van der Waals surface area contributed by atoms with E-state index < -0.39 is 30.0 Å². The fourth-order valence-corrected chi connectivity index (χ4v) is 2.54. The first-order valence-corrected chi connectivity index (χ1v) is 7.97. The van der Waals surface area contributed by atoms with Gasteiger partial charge < -0.3 is 15.2 Å². The quantitative estimate of drug-likeness (QED) is 0.883. The molecule has 2 amide bonds. The Labute approximate surface area is 140 Å². The molecule has 1 fully saturated rings. The van der Waals surface area contributed by atoms with Gasteiger partial charge in [0, 0.05) is 17.7 Å². The molecule has 7 heteroatoms. The molecule has 0 bridgehead atoms. The smallest absolute Gasteiger partial charge is 0.410 e. The van der Waals surface area contributed by atoms with E-state index in [0.29, 0.717) is 11.3 Å². The van der Waals surface area contributed by atoms with Crippen molar-refractivity contribution < 1.29 is 23.8 Å². The van der Waals surface area contributed by atoms with Crippen molar-refractivity contribution in [3.8, 4) is 0 Å². The highest BCUT2D eigenvalue weighted by Gasteiger charge is 2.40. The molecule has 2 atom stereocenters. The summed E-state index contributed by atoms with van der Waals surface area (Å²) in [6, 6.07) is 3.54. The molecule has 2 rings (SSSR count). The molecule has 1 unspecified atom stereocenters. The van der Waals surface area contributed by atoms with Gasteiger partial charge in [-0.05, 0) is 25.0 Å². The van der Waals surface area contributed by atoms with E-state index in [9.17, 15) is 19.1 Å². The Morgan fingerprint density at radius 1 is 1.46 bits per heavy atom.